The summed E-state index contributed by atoms with van der Waals surface area (Å²) in [6, 6.07) is -1.85. The van der Waals surface area contributed by atoms with Gasteiger partial charge in [-0.2, -0.15) is 0 Å². The Balaban J connectivity index is 0. The van der Waals surface area contributed by atoms with E-state index in [9.17, 15) is 9.59 Å². The van der Waals surface area contributed by atoms with Gasteiger partial charge in [0.15, 0.2) is 0 Å². The van der Waals surface area contributed by atoms with Crippen LogP contribution in [0.25, 0.3) is 0 Å². The molecular weight excluding hydrogens is 284 g/mol. The molecule has 0 heterocycles. The molecule has 0 rings (SSSR count). The number of hydrogen-bond acceptors (Lipinski definition) is 6. The van der Waals surface area contributed by atoms with E-state index in [0.717, 1.165) is 0 Å². The number of rotatable bonds is 7. The van der Waals surface area contributed by atoms with Crippen molar-refractivity contribution in [2.45, 2.75) is 12.1 Å². The van der Waals surface area contributed by atoms with Crippen LogP contribution in [-0.4, -0.2) is 45.7 Å². The Hall–Kier alpha value is 0.0795. The van der Waals surface area contributed by atoms with Crippen LogP contribution in [0.15, 0.2) is 0 Å². The van der Waals surface area contributed by atoms with Crippen LogP contribution in [0, 0.1) is 0 Å². The van der Waals surface area contributed by atoms with Crippen LogP contribution >= 0.6 is 21.6 Å². The summed E-state index contributed by atoms with van der Waals surface area (Å²) in [6.45, 7) is 0. The number of carbonyl (C=O) groups is 2. The van der Waals surface area contributed by atoms with Gasteiger partial charge in [0.2, 0.25) is 0 Å². The average Bonchev–Trinajstić information content (AvgIpc) is 2.11. The monoisotopic (exact) mass is 296 g/mol. The zero-order valence-corrected chi connectivity index (χ0v) is 10.3. The maximum atomic E-state index is 10.3. The minimum absolute atomic E-state index is 0. The van der Waals surface area contributed by atoms with Crippen molar-refractivity contribution in [3.05, 3.63) is 0 Å². The summed E-state index contributed by atoms with van der Waals surface area (Å²) in [6.07, 6.45) is 0. The molecule has 6 N–H and O–H groups in total. The molecule has 0 fully saturated rings. The zero-order chi connectivity index (χ0) is 11.1. The summed E-state index contributed by atoms with van der Waals surface area (Å²) in [5, 5.41) is 16.8. The molecule has 0 aromatic carbocycles. The number of carboxylic acids is 2. The zero-order valence-electron chi connectivity index (χ0n) is 7.60. The van der Waals surface area contributed by atoms with E-state index in [4.69, 9.17) is 21.7 Å². The Labute approximate surface area is 105 Å². The molecule has 0 spiro atoms. The van der Waals surface area contributed by atoms with Crippen LogP contribution in [0.4, 0.5) is 0 Å². The van der Waals surface area contributed by atoms with Gasteiger partial charge in [-0.1, -0.05) is 21.6 Å². The molecule has 0 aromatic heterocycles. The largest absolute Gasteiger partial charge is 0.480 e. The topological polar surface area (TPSA) is 127 Å². The van der Waals surface area contributed by atoms with Gasteiger partial charge < -0.3 is 21.7 Å². The molecular formula is C6H12FeN2O4S2. The summed E-state index contributed by atoms with van der Waals surface area (Å²) in [5.41, 5.74) is 10.4. The summed E-state index contributed by atoms with van der Waals surface area (Å²) < 4.78 is 0. The smallest absolute Gasteiger partial charge is 0.321 e. The maximum Gasteiger partial charge on any atom is 0.321 e. The average molecular weight is 296 g/mol. The molecule has 0 saturated carbocycles. The van der Waals surface area contributed by atoms with Crippen LogP contribution in [0.5, 0.6) is 0 Å². The van der Waals surface area contributed by atoms with Crippen LogP contribution in [0.3, 0.4) is 0 Å². The Morgan fingerprint density at radius 2 is 1.27 bits per heavy atom. The number of nitrogens with two attached hydrogens (primary N) is 2. The molecule has 0 aliphatic carbocycles. The summed E-state index contributed by atoms with van der Waals surface area (Å²) >= 11 is 0. The minimum Gasteiger partial charge on any atom is -0.480 e. The van der Waals surface area contributed by atoms with Gasteiger partial charge in [0.05, 0.1) is 0 Å². The molecule has 2 atom stereocenters. The molecule has 0 saturated heterocycles. The molecule has 0 aromatic rings. The van der Waals surface area contributed by atoms with Gasteiger partial charge in [-0.15, -0.1) is 0 Å². The van der Waals surface area contributed by atoms with E-state index in [1.54, 1.807) is 0 Å². The van der Waals surface area contributed by atoms with Crippen LogP contribution in [-0.2, 0) is 26.7 Å². The van der Waals surface area contributed by atoms with Gasteiger partial charge in [0, 0.05) is 28.6 Å². The summed E-state index contributed by atoms with van der Waals surface area (Å²) in [7, 11) is 2.41. The Morgan fingerprint density at radius 1 is 1.00 bits per heavy atom. The van der Waals surface area contributed by atoms with Crippen molar-refractivity contribution >= 4 is 33.5 Å². The first kappa shape index (κ1) is 17.5. The fourth-order valence-electron chi connectivity index (χ4n) is 0.385. The minimum atomic E-state index is -1.07. The van der Waals surface area contributed by atoms with Crippen molar-refractivity contribution < 1.29 is 36.9 Å². The number of carboxylic acid groups (broad SMARTS) is 2. The molecule has 0 bridgehead atoms. The molecule has 2 unspecified atom stereocenters. The Kier molecular flexibility index (Phi) is 10.9. The standard InChI is InChI=1S/C6H12N2O4S2.Fe/c7-3(5(9)10)1-13-14-2-4(8)6(11)12;/h3-4H,1-2,7-8H2,(H,9,10)(H,11,12);. The quantitative estimate of drug-likeness (QED) is 0.273. The van der Waals surface area contributed by atoms with E-state index in [0.29, 0.717) is 0 Å². The first-order valence-corrected chi connectivity index (χ1v) is 6.15. The molecule has 9 heteroatoms. The number of aliphatic carboxylic acids is 2. The third kappa shape index (κ3) is 9.03. The van der Waals surface area contributed by atoms with Gasteiger partial charge >= 0.3 is 11.9 Å². The van der Waals surface area contributed by atoms with Crippen LogP contribution < -0.4 is 11.5 Å². The van der Waals surface area contributed by atoms with Crippen molar-refractivity contribution in [3.63, 3.8) is 0 Å². The molecule has 6 nitrogen and oxygen atoms in total. The second-order valence-electron chi connectivity index (χ2n) is 2.46. The molecule has 90 valence electrons. The molecule has 0 radical (unpaired) electrons. The van der Waals surface area contributed by atoms with E-state index in [1.807, 2.05) is 0 Å². The third-order valence-corrected chi connectivity index (χ3v) is 3.69. The van der Waals surface area contributed by atoms with Gasteiger partial charge in [-0.3, -0.25) is 9.59 Å². The van der Waals surface area contributed by atoms with Crippen LogP contribution in [0.1, 0.15) is 0 Å². The second-order valence-corrected chi connectivity index (χ2v) is 5.01. The van der Waals surface area contributed by atoms with Crippen molar-refractivity contribution in [2.75, 3.05) is 11.5 Å². The van der Waals surface area contributed by atoms with Gasteiger partial charge in [0.1, 0.15) is 12.1 Å². The molecule has 0 aliphatic rings. The second kappa shape index (κ2) is 9.32. The third-order valence-electron chi connectivity index (χ3n) is 1.21. The maximum absolute atomic E-state index is 10.3. The van der Waals surface area contributed by atoms with E-state index in [1.165, 1.54) is 21.6 Å². The molecule has 15 heavy (non-hydrogen) atoms. The van der Waals surface area contributed by atoms with Crippen molar-refractivity contribution in [1.29, 1.82) is 0 Å². The van der Waals surface area contributed by atoms with Gasteiger partial charge in [0.25, 0.3) is 0 Å². The fraction of sp³-hybridized carbons (Fsp3) is 0.667. The van der Waals surface area contributed by atoms with E-state index in [-0.39, 0.29) is 28.6 Å². The Bertz CT molecular complexity index is 197. The van der Waals surface area contributed by atoms with Gasteiger partial charge in [-0.05, 0) is 0 Å². The normalized spacial score (nSPS) is 13.7. The van der Waals surface area contributed by atoms with Crippen molar-refractivity contribution in [1.82, 2.24) is 0 Å². The van der Waals surface area contributed by atoms with E-state index >= 15 is 0 Å². The summed E-state index contributed by atoms with van der Waals surface area (Å²) in [4.78, 5) is 20.5. The van der Waals surface area contributed by atoms with Crippen LogP contribution in [0.2, 0.25) is 0 Å². The SMILES string of the molecule is NC(CSSCC(N)C(=O)O)C(=O)O.[Fe]. The summed E-state index contributed by atoms with van der Waals surface area (Å²) in [5.74, 6) is -1.68. The van der Waals surface area contributed by atoms with Crippen molar-refractivity contribution in [2.24, 2.45) is 11.5 Å². The Morgan fingerprint density at radius 3 is 1.47 bits per heavy atom. The first-order valence-electron chi connectivity index (χ1n) is 3.66. The van der Waals surface area contributed by atoms with E-state index < -0.39 is 24.0 Å². The predicted molar refractivity (Wildman–Crippen MR) is 56.1 cm³/mol. The molecule has 0 amide bonds. The first-order chi connectivity index (χ1) is 6.45. The molecule has 0 aliphatic heterocycles. The predicted octanol–water partition coefficient (Wildman–Crippen LogP) is -0.811. The fourth-order valence-corrected chi connectivity index (χ4v) is 2.61. The van der Waals surface area contributed by atoms with Gasteiger partial charge in [-0.25, -0.2) is 0 Å². The number of hydrogen-bond donors (Lipinski definition) is 4. The van der Waals surface area contributed by atoms with E-state index in [2.05, 4.69) is 0 Å². The van der Waals surface area contributed by atoms with Crippen molar-refractivity contribution in [3.8, 4) is 0 Å².